The second kappa shape index (κ2) is 9.49. The molecule has 1 aliphatic carbocycles. The lowest BCUT2D eigenvalue weighted by molar-refractivity contribution is -0.126. The van der Waals surface area contributed by atoms with E-state index in [0.29, 0.717) is 24.9 Å². The highest BCUT2D eigenvalue weighted by Gasteiger charge is 2.32. The summed E-state index contributed by atoms with van der Waals surface area (Å²) in [7, 11) is 0. The normalized spacial score (nSPS) is 19.7. The fraction of sp³-hybridized carbons (Fsp3) is 0.333. The lowest BCUT2D eigenvalue weighted by Gasteiger charge is -2.27. The van der Waals surface area contributed by atoms with Gasteiger partial charge in [-0.25, -0.2) is 9.37 Å². The lowest BCUT2D eigenvalue weighted by Crippen LogP contribution is -2.38. The van der Waals surface area contributed by atoms with E-state index < -0.39 is 0 Å². The van der Waals surface area contributed by atoms with Gasteiger partial charge in [-0.2, -0.15) is 0 Å². The van der Waals surface area contributed by atoms with Crippen molar-refractivity contribution < 1.29 is 14.3 Å². The molecule has 1 heterocycles. The van der Waals surface area contributed by atoms with Gasteiger partial charge in [0.05, 0.1) is 21.1 Å². The van der Waals surface area contributed by atoms with Crippen molar-refractivity contribution in [3.8, 4) is 0 Å². The van der Waals surface area contributed by atoms with Gasteiger partial charge in [0.1, 0.15) is 5.82 Å². The molecule has 30 heavy (non-hydrogen) atoms. The van der Waals surface area contributed by atoms with E-state index in [0.717, 1.165) is 21.6 Å². The maximum absolute atomic E-state index is 13.9. The highest BCUT2D eigenvalue weighted by atomic mass is 32.1. The van der Waals surface area contributed by atoms with E-state index in [1.807, 2.05) is 18.2 Å². The van der Waals surface area contributed by atoms with Crippen LogP contribution in [-0.2, 0) is 11.2 Å². The van der Waals surface area contributed by atoms with Gasteiger partial charge in [-0.05, 0) is 43.0 Å². The monoisotopic (exact) mass is 424 g/mol. The van der Waals surface area contributed by atoms with Crippen molar-refractivity contribution >= 4 is 27.5 Å². The van der Waals surface area contributed by atoms with E-state index in [1.165, 1.54) is 6.07 Å². The molecule has 1 aromatic heterocycles. The number of carbonyl (C=O) groups is 1. The molecule has 4 nitrogen and oxygen atoms in total. The van der Waals surface area contributed by atoms with Crippen molar-refractivity contribution in [3.05, 3.63) is 77.1 Å². The van der Waals surface area contributed by atoms with Gasteiger partial charge in [-0.15, -0.1) is 11.3 Å². The quantitative estimate of drug-likeness (QED) is 0.551. The van der Waals surface area contributed by atoms with Crippen LogP contribution < -0.4 is 5.32 Å². The molecule has 6 heteroatoms. The van der Waals surface area contributed by atoms with Gasteiger partial charge in [-0.3, -0.25) is 4.79 Å². The Labute approximate surface area is 179 Å². The number of allylic oxidation sites excluding steroid dienone is 2. The van der Waals surface area contributed by atoms with Crippen LogP contribution in [0.2, 0.25) is 0 Å². The first-order valence-corrected chi connectivity index (χ1v) is 11.1. The van der Waals surface area contributed by atoms with E-state index >= 15 is 0 Å². The van der Waals surface area contributed by atoms with Gasteiger partial charge in [0, 0.05) is 25.0 Å². The Morgan fingerprint density at radius 2 is 1.93 bits per heavy atom. The highest BCUT2D eigenvalue weighted by Crippen LogP contribution is 2.38. The fourth-order valence-electron chi connectivity index (χ4n) is 3.98. The molecule has 0 saturated heterocycles. The molecule has 3 unspecified atom stereocenters. The standard InChI is InChI=1S/C24H25FN2O2S/c25-20-10-4-1-7-17(20)13-16(15-28)14-26-23(29)18-8-2-3-9-19(18)24-27-21-11-5-6-12-22(21)30-24/h1-7,10-12,16,18-19,28H,8-9,13-15H2,(H,26,29). The summed E-state index contributed by atoms with van der Waals surface area (Å²) in [5.41, 5.74) is 1.52. The Morgan fingerprint density at radius 1 is 1.17 bits per heavy atom. The van der Waals surface area contributed by atoms with Crippen molar-refractivity contribution in [2.24, 2.45) is 11.8 Å². The Hall–Kier alpha value is -2.57. The van der Waals surface area contributed by atoms with Gasteiger partial charge in [0.15, 0.2) is 0 Å². The smallest absolute Gasteiger partial charge is 0.224 e. The first kappa shape index (κ1) is 20.7. The number of benzene rings is 2. The van der Waals surface area contributed by atoms with Gasteiger partial charge < -0.3 is 10.4 Å². The number of aromatic nitrogens is 1. The minimum atomic E-state index is -0.282. The minimum absolute atomic E-state index is 0.0319. The second-order valence-corrected chi connectivity index (χ2v) is 8.83. The first-order valence-electron chi connectivity index (χ1n) is 10.3. The molecule has 0 spiro atoms. The highest BCUT2D eigenvalue weighted by molar-refractivity contribution is 7.18. The van der Waals surface area contributed by atoms with E-state index in [9.17, 15) is 14.3 Å². The minimum Gasteiger partial charge on any atom is -0.396 e. The number of aliphatic hydroxyl groups is 1. The number of hydrogen-bond acceptors (Lipinski definition) is 4. The molecule has 1 aliphatic rings. The molecule has 0 bridgehead atoms. The summed E-state index contributed by atoms with van der Waals surface area (Å²) < 4.78 is 15.1. The van der Waals surface area contributed by atoms with Crippen LogP contribution in [0.15, 0.2) is 60.7 Å². The van der Waals surface area contributed by atoms with Gasteiger partial charge in [0.25, 0.3) is 0 Å². The van der Waals surface area contributed by atoms with Crippen molar-refractivity contribution in [1.82, 2.24) is 10.3 Å². The van der Waals surface area contributed by atoms with Crippen LogP contribution in [0.3, 0.4) is 0 Å². The van der Waals surface area contributed by atoms with Crippen LogP contribution in [0, 0.1) is 17.7 Å². The number of nitrogens with one attached hydrogen (secondary N) is 1. The molecular formula is C24H25FN2O2S. The fourth-order valence-corrected chi connectivity index (χ4v) is 5.12. The van der Waals surface area contributed by atoms with Crippen molar-refractivity contribution in [1.29, 1.82) is 0 Å². The Balaban J connectivity index is 1.43. The third-order valence-electron chi connectivity index (χ3n) is 5.69. The summed E-state index contributed by atoms with van der Waals surface area (Å²) in [5.74, 6) is -0.688. The number of amides is 1. The van der Waals surface area contributed by atoms with Crippen LogP contribution in [0.1, 0.15) is 29.3 Å². The van der Waals surface area contributed by atoms with Gasteiger partial charge in [-0.1, -0.05) is 42.5 Å². The molecule has 0 fully saturated rings. The third-order valence-corrected chi connectivity index (χ3v) is 6.85. The van der Waals surface area contributed by atoms with E-state index in [-0.39, 0.29) is 36.1 Å². The van der Waals surface area contributed by atoms with Crippen molar-refractivity contribution in [3.63, 3.8) is 0 Å². The van der Waals surface area contributed by atoms with Crippen molar-refractivity contribution in [2.45, 2.75) is 25.2 Å². The summed E-state index contributed by atoms with van der Waals surface area (Å²) in [5, 5.41) is 13.7. The third kappa shape index (κ3) is 4.60. The molecular weight excluding hydrogens is 399 g/mol. The number of hydrogen-bond donors (Lipinski definition) is 2. The number of nitrogens with zero attached hydrogens (tertiary/aromatic N) is 1. The van der Waals surface area contributed by atoms with Crippen LogP contribution in [0.5, 0.6) is 0 Å². The average Bonchev–Trinajstić information content (AvgIpc) is 3.22. The number of fused-ring (bicyclic) bond motifs is 1. The molecule has 2 N–H and O–H groups in total. The van der Waals surface area contributed by atoms with Crippen LogP contribution in [0.4, 0.5) is 4.39 Å². The van der Waals surface area contributed by atoms with E-state index in [1.54, 1.807) is 29.5 Å². The van der Waals surface area contributed by atoms with Gasteiger partial charge in [0.2, 0.25) is 5.91 Å². The number of thiazole rings is 1. The molecule has 3 aromatic rings. The summed E-state index contributed by atoms with van der Waals surface area (Å²) in [6.07, 6.45) is 6.02. The summed E-state index contributed by atoms with van der Waals surface area (Å²) in [6.45, 7) is 0.205. The summed E-state index contributed by atoms with van der Waals surface area (Å²) in [6, 6.07) is 14.6. The zero-order chi connectivity index (χ0) is 20.9. The zero-order valence-electron chi connectivity index (χ0n) is 16.6. The lowest BCUT2D eigenvalue weighted by atomic mass is 9.82. The van der Waals surface area contributed by atoms with Gasteiger partial charge >= 0.3 is 0 Å². The molecule has 3 atom stereocenters. The van der Waals surface area contributed by atoms with Crippen LogP contribution in [-0.4, -0.2) is 29.1 Å². The maximum atomic E-state index is 13.9. The van der Waals surface area contributed by atoms with Crippen LogP contribution in [0.25, 0.3) is 10.2 Å². The average molecular weight is 425 g/mol. The van der Waals surface area contributed by atoms with Crippen molar-refractivity contribution in [2.75, 3.05) is 13.2 Å². The molecule has 0 saturated carbocycles. The molecule has 156 valence electrons. The first-order chi connectivity index (χ1) is 14.7. The maximum Gasteiger partial charge on any atom is 0.224 e. The predicted molar refractivity (Wildman–Crippen MR) is 118 cm³/mol. The predicted octanol–water partition coefficient (Wildman–Crippen LogP) is 4.45. The molecule has 0 aliphatic heterocycles. The summed E-state index contributed by atoms with van der Waals surface area (Å²) in [4.78, 5) is 17.8. The second-order valence-electron chi connectivity index (χ2n) is 7.76. The molecule has 1 amide bonds. The Kier molecular flexibility index (Phi) is 6.55. The number of para-hydroxylation sites is 1. The summed E-state index contributed by atoms with van der Waals surface area (Å²) >= 11 is 1.65. The number of carbonyl (C=O) groups excluding carboxylic acids is 1. The van der Waals surface area contributed by atoms with Crippen LogP contribution >= 0.6 is 11.3 Å². The number of rotatable bonds is 7. The van der Waals surface area contributed by atoms with E-state index in [4.69, 9.17) is 4.98 Å². The Morgan fingerprint density at radius 3 is 2.73 bits per heavy atom. The number of aliphatic hydroxyl groups excluding tert-OH is 1. The zero-order valence-corrected chi connectivity index (χ0v) is 17.4. The molecule has 0 radical (unpaired) electrons. The Bertz CT molecular complexity index is 1020. The number of halogens is 1. The largest absolute Gasteiger partial charge is 0.396 e. The SMILES string of the molecule is O=C(NCC(CO)Cc1ccccc1F)C1CC=CCC1c1nc2ccccc2s1. The molecule has 2 aromatic carbocycles. The van der Waals surface area contributed by atoms with E-state index in [2.05, 4.69) is 23.5 Å². The topological polar surface area (TPSA) is 62.2 Å². The molecule has 4 rings (SSSR count).